The minimum absolute atomic E-state index is 0.589. The number of hydrogen-bond donors (Lipinski definition) is 2. The molecule has 2 fully saturated rings. The summed E-state index contributed by atoms with van der Waals surface area (Å²) in [6, 6.07) is 9.56. The van der Waals surface area contributed by atoms with Gasteiger partial charge in [0.15, 0.2) is 0 Å². The van der Waals surface area contributed by atoms with Crippen molar-refractivity contribution >= 4 is 0 Å². The molecule has 0 heterocycles. The molecule has 0 saturated heterocycles. The lowest BCUT2D eigenvalue weighted by Crippen LogP contribution is -2.23. The lowest BCUT2D eigenvalue weighted by Gasteiger charge is -2.36. The maximum Gasteiger partial charge on any atom is 0.0328 e. The third kappa shape index (κ3) is 8.05. The van der Waals surface area contributed by atoms with E-state index in [2.05, 4.69) is 37.8 Å². The molecule has 0 aliphatic heterocycles. The second-order valence-corrected chi connectivity index (χ2v) is 9.14. The molecule has 0 spiro atoms. The largest absolute Gasteiger partial charge is 0.399 e. The molecule has 0 atom stereocenters. The Hall–Kier alpha value is -1.96. The Balaban J connectivity index is 0.000000303. The van der Waals surface area contributed by atoms with E-state index < -0.39 is 0 Å². The Kier molecular flexibility index (Phi) is 10.8. The van der Waals surface area contributed by atoms with Gasteiger partial charge in [0.05, 0.1) is 0 Å². The summed E-state index contributed by atoms with van der Waals surface area (Å²) in [7, 11) is 0. The van der Waals surface area contributed by atoms with Gasteiger partial charge >= 0.3 is 0 Å². The molecule has 2 aliphatic carbocycles. The van der Waals surface area contributed by atoms with Gasteiger partial charge in [-0.2, -0.15) is 0 Å². The first kappa shape index (κ1) is 24.3. The molecule has 0 bridgehead atoms. The summed E-state index contributed by atoms with van der Waals surface area (Å²) in [6.45, 7) is 7.59. The molecule has 4 N–H and O–H groups in total. The molecule has 0 unspecified atom stereocenters. The molecule has 2 heteroatoms. The van der Waals surface area contributed by atoms with Crippen LogP contribution in [0.1, 0.15) is 95.1 Å². The van der Waals surface area contributed by atoms with Crippen LogP contribution in [0.4, 0.5) is 0 Å². The van der Waals surface area contributed by atoms with E-state index in [0.29, 0.717) is 11.4 Å². The van der Waals surface area contributed by atoms with E-state index in [1.165, 1.54) is 76.2 Å². The number of allylic oxidation sites excluding steroid dienone is 3. The Bertz CT molecular complexity index is 669. The fraction of sp³-hybridized carbons (Fsp3) is 0.571. The van der Waals surface area contributed by atoms with Crippen LogP contribution in [0.15, 0.2) is 60.5 Å². The van der Waals surface area contributed by atoms with E-state index in [1.807, 2.05) is 6.92 Å². The van der Waals surface area contributed by atoms with Crippen LogP contribution < -0.4 is 11.5 Å². The third-order valence-electron chi connectivity index (χ3n) is 6.98. The normalized spacial score (nSPS) is 23.4. The summed E-state index contributed by atoms with van der Waals surface area (Å²) in [5, 5.41) is 0. The molecule has 166 valence electrons. The summed E-state index contributed by atoms with van der Waals surface area (Å²) in [4.78, 5) is 0. The van der Waals surface area contributed by atoms with Crippen LogP contribution in [0.3, 0.4) is 0 Å². The van der Waals surface area contributed by atoms with Crippen LogP contribution in [-0.4, -0.2) is 0 Å². The van der Waals surface area contributed by atoms with Gasteiger partial charge in [-0.25, -0.2) is 0 Å². The van der Waals surface area contributed by atoms with Crippen LogP contribution in [0.5, 0.6) is 0 Å². The maximum absolute atomic E-state index is 5.41. The lowest BCUT2D eigenvalue weighted by molar-refractivity contribution is 0.186. The summed E-state index contributed by atoms with van der Waals surface area (Å²) in [6.07, 6.45) is 20.9. The van der Waals surface area contributed by atoms with E-state index in [0.717, 1.165) is 17.8 Å². The number of benzene rings is 1. The third-order valence-corrected chi connectivity index (χ3v) is 6.98. The van der Waals surface area contributed by atoms with Gasteiger partial charge in [0.1, 0.15) is 0 Å². The number of rotatable bonds is 6. The molecule has 0 amide bonds. The smallest absolute Gasteiger partial charge is 0.0328 e. The second-order valence-electron chi connectivity index (χ2n) is 9.14. The van der Waals surface area contributed by atoms with Crippen molar-refractivity contribution in [3.05, 3.63) is 71.6 Å². The summed E-state index contributed by atoms with van der Waals surface area (Å²) < 4.78 is 0. The summed E-state index contributed by atoms with van der Waals surface area (Å²) in [5.41, 5.74) is 15.1. The minimum atomic E-state index is 0.589. The van der Waals surface area contributed by atoms with Crippen molar-refractivity contribution in [3.63, 3.8) is 0 Å². The van der Waals surface area contributed by atoms with Crippen molar-refractivity contribution in [3.8, 4) is 0 Å². The van der Waals surface area contributed by atoms with E-state index in [4.69, 9.17) is 11.5 Å². The van der Waals surface area contributed by atoms with Crippen molar-refractivity contribution in [2.24, 2.45) is 23.3 Å². The lowest BCUT2D eigenvalue weighted by atomic mass is 9.70. The Morgan fingerprint density at radius 1 is 0.900 bits per heavy atom. The zero-order chi connectivity index (χ0) is 21.8. The molecule has 30 heavy (non-hydrogen) atoms. The second kappa shape index (κ2) is 13.4. The number of hydrogen-bond acceptors (Lipinski definition) is 2. The van der Waals surface area contributed by atoms with Crippen molar-refractivity contribution < 1.29 is 0 Å². The highest BCUT2D eigenvalue weighted by Gasteiger charge is 2.28. The van der Waals surface area contributed by atoms with E-state index in [1.54, 1.807) is 23.8 Å². The first-order chi connectivity index (χ1) is 14.6. The molecule has 2 nitrogen and oxygen atoms in total. The highest BCUT2D eigenvalue weighted by molar-refractivity contribution is 5.26. The molecule has 0 radical (unpaired) electrons. The molecule has 3 rings (SSSR count). The van der Waals surface area contributed by atoms with Gasteiger partial charge in [-0.1, -0.05) is 82.4 Å². The van der Waals surface area contributed by atoms with Crippen LogP contribution in [0.2, 0.25) is 0 Å². The summed E-state index contributed by atoms with van der Waals surface area (Å²) >= 11 is 0. The average molecular weight is 409 g/mol. The minimum Gasteiger partial charge on any atom is -0.399 e. The number of aryl methyl sites for hydroxylation is 1. The predicted molar refractivity (Wildman–Crippen MR) is 132 cm³/mol. The molecule has 1 aromatic rings. The highest BCUT2D eigenvalue weighted by atomic mass is 14.6. The van der Waals surface area contributed by atoms with Crippen LogP contribution in [0, 0.1) is 11.8 Å². The fourth-order valence-electron chi connectivity index (χ4n) is 5.11. The van der Waals surface area contributed by atoms with Crippen molar-refractivity contribution in [1.82, 2.24) is 0 Å². The van der Waals surface area contributed by atoms with E-state index >= 15 is 0 Å². The zero-order valence-electron chi connectivity index (χ0n) is 19.4. The average Bonchev–Trinajstić information content (AvgIpc) is 2.81. The SMILES string of the molecule is C=C/C(N)=C\C(N)=C/C.CCCc1ccc(C2CCC(C3CCCCC3)CC2)cc1. The Morgan fingerprint density at radius 3 is 2.03 bits per heavy atom. The molecular weight excluding hydrogens is 364 g/mol. The monoisotopic (exact) mass is 408 g/mol. The van der Waals surface area contributed by atoms with Crippen LogP contribution >= 0.6 is 0 Å². The number of nitrogens with two attached hydrogens (primary N) is 2. The molecule has 0 aromatic heterocycles. The summed E-state index contributed by atoms with van der Waals surface area (Å²) in [5.74, 6) is 2.98. The molecule has 1 aromatic carbocycles. The Labute approximate surface area is 185 Å². The van der Waals surface area contributed by atoms with Gasteiger partial charge in [-0.05, 0) is 80.1 Å². The Morgan fingerprint density at radius 2 is 1.50 bits per heavy atom. The molecular formula is C28H44N2. The first-order valence-corrected chi connectivity index (χ1v) is 12.2. The molecule has 2 aliphatic rings. The fourth-order valence-corrected chi connectivity index (χ4v) is 5.11. The molecule has 2 saturated carbocycles. The van der Waals surface area contributed by atoms with Crippen molar-refractivity contribution in [2.45, 2.75) is 90.4 Å². The van der Waals surface area contributed by atoms with E-state index in [9.17, 15) is 0 Å². The van der Waals surface area contributed by atoms with Crippen LogP contribution in [-0.2, 0) is 6.42 Å². The van der Waals surface area contributed by atoms with Gasteiger partial charge < -0.3 is 11.5 Å². The van der Waals surface area contributed by atoms with Crippen molar-refractivity contribution in [2.75, 3.05) is 0 Å². The van der Waals surface area contributed by atoms with Crippen molar-refractivity contribution in [1.29, 1.82) is 0 Å². The van der Waals surface area contributed by atoms with Gasteiger partial charge in [0.25, 0.3) is 0 Å². The topological polar surface area (TPSA) is 52.0 Å². The highest BCUT2D eigenvalue weighted by Crippen LogP contribution is 2.42. The van der Waals surface area contributed by atoms with Gasteiger partial charge in [-0.15, -0.1) is 0 Å². The standard InChI is InChI=1S/C21H32.C7H12N2/c1-2-6-17-9-11-19(12-10-17)21-15-13-20(14-16-21)18-7-4-3-5-8-18;1-3-6(8)5-7(9)4-2/h9-12,18,20-21H,2-8,13-16H2,1H3;3-5H,1,8-9H2,2H3/b;6-5+,7-4+. The zero-order valence-corrected chi connectivity index (χ0v) is 19.4. The van der Waals surface area contributed by atoms with Gasteiger partial charge in [0.2, 0.25) is 0 Å². The maximum atomic E-state index is 5.41. The van der Waals surface area contributed by atoms with Gasteiger partial charge in [-0.3, -0.25) is 0 Å². The van der Waals surface area contributed by atoms with Crippen LogP contribution in [0.25, 0.3) is 0 Å². The van der Waals surface area contributed by atoms with Gasteiger partial charge in [0, 0.05) is 11.4 Å². The van der Waals surface area contributed by atoms with E-state index in [-0.39, 0.29) is 0 Å². The quantitative estimate of drug-likeness (QED) is 0.483. The first-order valence-electron chi connectivity index (χ1n) is 12.2. The predicted octanol–water partition coefficient (Wildman–Crippen LogP) is 7.37.